The van der Waals surface area contributed by atoms with Crippen molar-refractivity contribution in [3.8, 4) is 17.0 Å². The van der Waals surface area contributed by atoms with Gasteiger partial charge in [-0.25, -0.2) is 4.98 Å². The van der Waals surface area contributed by atoms with Crippen LogP contribution in [0.5, 0.6) is 5.75 Å². The van der Waals surface area contributed by atoms with Crippen molar-refractivity contribution in [1.29, 1.82) is 0 Å². The van der Waals surface area contributed by atoms with Crippen molar-refractivity contribution >= 4 is 12.2 Å². The summed E-state index contributed by atoms with van der Waals surface area (Å²) in [5.41, 5.74) is 1.97. The molecule has 0 aliphatic heterocycles. The summed E-state index contributed by atoms with van der Waals surface area (Å²) in [5, 5.41) is 0. The van der Waals surface area contributed by atoms with Crippen LogP contribution in [0.3, 0.4) is 0 Å². The second-order valence-corrected chi connectivity index (χ2v) is 5.55. The second kappa shape index (κ2) is 6.37. The minimum Gasteiger partial charge on any atom is -0.490 e. The molecule has 1 aliphatic rings. The minimum atomic E-state index is 0.523. The number of hydrogen-bond acceptors (Lipinski definition) is 4. The molecule has 0 spiro atoms. The van der Waals surface area contributed by atoms with Crippen LogP contribution < -0.4 is 4.74 Å². The van der Waals surface area contributed by atoms with Gasteiger partial charge >= 0.3 is 0 Å². The highest BCUT2D eigenvalue weighted by Gasteiger charge is 2.26. The van der Waals surface area contributed by atoms with Gasteiger partial charge in [0.2, 0.25) is 0 Å². The largest absolute Gasteiger partial charge is 0.490 e. The van der Waals surface area contributed by atoms with E-state index in [1.165, 1.54) is 12.8 Å². The van der Waals surface area contributed by atoms with E-state index in [1.807, 2.05) is 30.3 Å². The van der Waals surface area contributed by atoms with Crippen LogP contribution in [0.25, 0.3) is 11.3 Å². The Morgan fingerprint density at radius 2 is 2.10 bits per heavy atom. The molecule has 5 heteroatoms. The maximum Gasteiger partial charge on any atom is 0.130 e. The highest BCUT2D eigenvalue weighted by atomic mass is 32.1. The summed E-state index contributed by atoms with van der Waals surface area (Å²) in [6, 6.07) is 9.83. The number of methoxy groups -OCH3 is 1. The number of para-hydroxylation sites is 1. The fourth-order valence-electron chi connectivity index (χ4n) is 2.22. The summed E-state index contributed by atoms with van der Waals surface area (Å²) in [5.74, 6) is 2.35. The maximum absolute atomic E-state index is 5.79. The van der Waals surface area contributed by atoms with Crippen molar-refractivity contribution < 1.29 is 9.47 Å². The third-order valence-electron chi connectivity index (χ3n) is 3.45. The fourth-order valence-corrected chi connectivity index (χ4v) is 2.44. The van der Waals surface area contributed by atoms with Crippen molar-refractivity contribution in [2.75, 3.05) is 20.3 Å². The van der Waals surface area contributed by atoms with Crippen LogP contribution in [-0.2, 0) is 4.74 Å². The number of ether oxygens (including phenoxy) is 2. The lowest BCUT2D eigenvalue weighted by Crippen LogP contribution is -2.05. The van der Waals surface area contributed by atoms with Crippen LogP contribution in [0.1, 0.15) is 24.6 Å². The molecule has 2 aromatic rings. The molecule has 0 saturated heterocycles. The molecule has 4 nitrogen and oxygen atoms in total. The zero-order chi connectivity index (χ0) is 14.7. The molecule has 1 heterocycles. The molecular formula is C16H18N2O2S. The van der Waals surface area contributed by atoms with E-state index in [-0.39, 0.29) is 0 Å². The van der Waals surface area contributed by atoms with Gasteiger partial charge in [-0.3, -0.25) is 0 Å². The van der Waals surface area contributed by atoms with Gasteiger partial charge in [-0.15, -0.1) is 0 Å². The van der Waals surface area contributed by atoms with Gasteiger partial charge in [0.25, 0.3) is 0 Å². The normalized spacial score (nSPS) is 14.1. The minimum absolute atomic E-state index is 0.523. The SMILES string of the molecule is COCCOc1ccccc1-c1cc(=S)nc(C2CC2)[nH]1. The first-order valence-electron chi connectivity index (χ1n) is 7.10. The lowest BCUT2D eigenvalue weighted by atomic mass is 10.1. The first kappa shape index (κ1) is 14.2. The van der Waals surface area contributed by atoms with Gasteiger partial charge in [0.1, 0.15) is 22.8 Å². The lowest BCUT2D eigenvalue weighted by Gasteiger charge is -2.12. The average Bonchev–Trinajstić information content (AvgIpc) is 3.32. The zero-order valence-corrected chi connectivity index (χ0v) is 12.8. The zero-order valence-electron chi connectivity index (χ0n) is 12.0. The standard InChI is InChI=1S/C16H18N2O2S/c1-19-8-9-20-14-5-3-2-4-12(14)13-10-15(21)18-16(17-13)11-6-7-11/h2-5,10-11H,6-9H2,1H3,(H,17,18,21). The van der Waals surface area contributed by atoms with Gasteiger partial charge in [0.05, 0.1) is 12.3 Å². The third kappa shape index (κ3) is 3.49. The highest BCUT2D eigenvalue weighted by molar-refractivity contribution is 7.71. The van der Waals surface area contributed by atoms with E-state index < -0.39 is 0 Å². The number of nitrogens with one attached hydrogen (secondary N) is 1. The highest BCUT2D eigenvalue weighted by Crippen LogP contribution is 2.39. The van der Waals surface area contributed by atoms with E-state index in [2.05, 4.69) is 9.97 Å². The maximum atomic E-state index is 5.79. The van der Waals surface area contributed by atoms with Crippen LogP contribution in [0, 0.1) is 4.64 Å². The van der Waals surface area contributed by atoms with E-state index in [9.17, 15) is 0 Å². The number of rotatable bonds is 6. The predicted octanol–water partition coefficient (Wildman–Crippen LogP) is 3.71. The molecule has 110 valence electrons. The number of H-pyrrole nitrogens is 1. The van der Waals surface area contributed by atoms with E-state index in [0.29, 0.717) is 23.8 Å². The third-order valence-corrected chi connectivity index (χ3v) is 3.66. The molecule has 3 rings (SSSR count). The Hall–Kier alpha value is -1.72. The van der Waals surface area contributed by atoms with Gasteiger partial charge in [0.15, 0.2) is 0 Å². The van der Waals surface area contributed by atoms with E-state index in [1.54, 1.807) is 7.11 Å². The topological polar surface area (TPSA) is 47.1 Å². The van der Waals surface area contributed by atoms with Crippen molar-refractivity contribution in [3.63, 3.8) is 0 Å². The predicted molar refractivity (Wildman–Crippen MR) is 84.2 cm³/mol. The van der Waals surface area contributed by atoms with Crippen LogP contribution >= 0.6 is 12.2 Å². The first-order valence-corrected chi connectivity index (χ1v) is 7.51. The number of aromatic nitrogens is 2. The van der Waals surface area contributed by atoms with E-state index in [0.717, 1.165) is 22.8 Å². The van der Waals surface area contributed by atoms with Crippen LogP contribution in [-0.4, -0.2) is 30.3 Å². The van der Waals surface area contributed by atoms with Crippen molar-refractivity contribution in [2.45, 2.75) is 18.8 Å². The molecule has 0 radical (unpaired) electrons. The fraction of sp³-hybridized carbons (Fsp3) is 0.375. The monoisotopic (exact) mass is 302 g/mol. The molecule has 1 fully saturated rings. The average molecular weight is 302 g/mol. The van der Waals surface area contributed by atoms with Gasteiger partial charge in [-0.2, -0.15) is 0 Å². The van der Waals surface area contributed by atoms with E-state index >= 15 is 0 Å². The van der Waals surface area contributed by atoms with Gasteiger partial charge in [-0.1, -0.05) is 24.4 Å². The molecule has 0 amide bonds. The molecular weight excluding hydrogens is 284 g/mol. The second-order valence-electron chi connectivity index (χ2n) is 5.13. The summed E-state index contributed by atoms with van der Waals surface area (Å²) >= 11 is 5.29. The van der Waals surface area contributed by atoms with Crippen LogP contribution in [0.4, 0.5) is 0 Å². The van der Waals surface area contributed by atoms with Crippen LogP contribution in [0.15, 0.2) is 30.3 Å². The van der Waals surface area contributed by atoms with Crippen molar-refractivity contribution in [2.24, 2.45) is 0 Å². The number of nitrogens with zero attached hydrogens (tertiary/aromatic N) is 1. The molecule has 0 atom stereocenters. The first-order chi connectivity index (χ1) is 10.3. The van der Waals surface area contributed by atoms with Gasteiger partial charge in [0, 0.05) is 18.6 Å². The molecule has 1 aromatic heterocycles. The number of hydrogen-bond donors (Lipinski definition) is 1. The lowest BCUT2D eigenvalue weighted by molar-refractivity contribution is 0.146. The number of aromatic amines is 1. The molecule has 1 N–H and O–H groups in total. The van der Waals surface area contributed by atoms with Gasteiger partial charge in [-0.05, 0) is 31.0 Å². The molecule has 21 heavy (non-hydrogen) atoms. The Kier molecular flexibility index (Phi) is 4.31. The quantitative estimate of drug-likeness (QED) is 0.653. The Labute approximate surface area is 129 Å². The van der Waals surface area contributed by atoms with Crippen molar-refractivity contribution in [3.05, 3.63) is 40.8 Å². The van der Waals surface area contributed by atoms with E-state index in [4.69, 9.17) is 21.7 Å². The molecule has 0 unspecified atom stereocenters. The summed E-state index contributed by atoms with van der Waals surface area (Å²) < 4.78 is 11.4. The number of benzene rings is 1. The Balaban J connectivity index is 1.94. The molecule has 1 aromatic carbocycles. The summed E-state index contributed by atoms with van der Waals surface area (Å²) in [6.07, 6.45) is 2.38. The summed E-state index contributed by atoms with van der Waals surface area (Å²) in [4.78, 5) is 7.83. The van der Waals surface area contributed by atoms with Crippen LogP contribution in [0.2, 0.25) is 0 Å². The molecule has 1 saturated carbocycles. The molecule has 0 bridgehead atoms. The Morgan fingerprint density at radius 3 is 2.86 bits per heavy atom. The Bertz CT molecular complexity index is 680. The van der Waals surface area contributed by atoms with Crippen molar-refractivity contribution in [1.82, 2.24) is 9.97 Å². The summed E-state index contributed by atoms with van der Waals surface area (Å²) in [6.45, 7) is 1.09. The smallest absolute Gasteiger partial charge is 0.130 e. The van der Waals surface area contributed by atoms with Gasteiger partial charge < -0.3 is 14.5 Å². The molecule has 1 aliphatic carbocycles. The Morgan fingerprint density at radius 1 is 1.29 bits per heavy atom. The summed E-state index contributed by atoms with van der Waals surface area (Å²) in [7, 11) is 1.66.